The van der Waals surface area contributed by atoms with Crippen molar-refractivity contribution in [1.82, 2.24) is 0 Å². The smallest absolute Gasteiger partial charge is 0.144 e. The molecule has 1 rings (SSSR count). The summed E-state index contributed by atoms with van der Waals surface area (Å²) < 4.78 is 5.49. The van der Waals surface area contributed by atoms with E-state index in [9.17, 15) is 0 Å². The lowest BCUT2D eigenvalue weighted by molar-refractivity contribution is 0.342. The van der Waals surface area contributed by atoms with Gasteiger partial charge in [-0.05, 0) is 31.4 Å². The van der Waals surface area contributed by atoms with Gasteiger partial charge in [-0.15, -0.1) is 0 Å². The maximum Gasteiger partial charge on any atom is 0.144 e. The van der Waals surface area contributed by atoms with Crippen LogP contribution in [0.15, 0.2) is 18.2 Å². The van der Waals surface area contributed by atoms with E-state index in [1.165, 1.54) is 0 Å². The third kappa shape index (κ3) is 3.84. The Morgan fingerprint density at radius 2 is 2.00 bits per heavy atom. The van der Waals surface area contributed by atoms with Gasteiger partial charge in [0.25, 0.3) is 0 Å². The second-order valence-electron chi connectivity index (χ2n) is 4.59. The van der Waals surface area contributed by atoms with Gasteiger partial charge in [0.05, 0.1) is 12.3 Å². The van der Waals surface area contributed by atoms with E-state index in [1.807, 2.05) is 25.1 Å². The van der Waals surface area contributed by atoms with Crippen molar-refractivity contribution in [3.05, 3.63) is 18.2 Å². The summed E-state index contributed by atoms with van der Waals surface area (Å²) in [5, 5.41) is 3.52. The van der Waals surface area contributed by atoms with E-state index in [4.69, 9.17) is 10.5 Å². The molecule has 0 amide bonds. The maximum absolute atomic E-state index is 5.85. The summed E-state index contributed by atoms with van der Waals surface area (Å²) in [5.74, 6) is 1.37. The van der Waals surface area contributed by atoms with Crippen LogP contribution in [0.4, 0.5) is 11.4 Å². The highest BCUT2D eigenvalue weighted by Crippen LogP contribution is 2.26. The predicted octanol–water partition coefficient (Wildman–Crippen LogP) is 3.51. The van der Waals surface area contributed by atoms with Gasteiger partial charge < -0.3 is 15.8 Å². The van der Waals surface area contributed by atoms with Crippen molar-refractivity contribution < 1.29 is 4.74 Å². The summed E-state index contributed by atoms with van der Waals surface area (Å²) >= 11 is 0. The molecular formula is C14H24N2O. The van der Waals surface area contributed by atoms with Crippen LogP contribution in [0.2, 0.25) is 0 Å². The first-order chi connectivity index (χ1) is 8.08. The highest BCUT2D eigenvalue weighted by atomic mass is 16.5. The van der Waals surface area contributed by atoms with Crippen LogP contribution in [0, 0.1) is 5.92 Å². The van der Waals surface area contributed by atoms with Gasteiger partial charge in [-0.1, -0.05) is 20.8 Å². The Balaban J connectivity index is 2.80. The van der Waals surface area contributed by atoms with Gasteiger partial charge in [-0.2, -0.15) is 0 Å². The van der Waals surface area contributed by atoms with Crippen molar-refractivity contribution in [2.45, 2.75) is 40.2 Å². The Morgan fingerprint density at radius 1 is 1.29 bits per heavy atom. The molecule has 0 saturated heterocycles. The molecule has 1 aromatic rings. The molecule has 17 heavy (non-hydrogen) atoms. The normalized spacial score (nSPS) is 12.5. The monoisotopic (exact) mass is 236 g/mol. The second kappa shape index (κ2) is 6.38. The minimum atomic E-state index is 0.480. The summed E-state index contributed by atoms with van der Waals surface area (Å²) in [6.45, 7) is 9.24. The molecule has 1 unspecified atom stereocenters. The van der Waals surface area contributed by atoms with Crippen molar-refractivity contribution in [2.75, 3.05) is 17.7 Å². The number of nitrogen functional groups attached to an aromatic ring is 1. The van der Waals surface area contributed by atoms with Crippen LogP contribution in [-0.2, 0) is 0 Å². The molecule has 0 bridgehead atoms. The number of nitrogens with two attached hydrogens (primary N) is 1. The summed E-state index contributed by atoms with van der Waals surface area (Å²) in [6, 6.07) is 6.35. The first-order valence-corrected chi connectivity index (χ1v) is 6.37. The van der Waals surface area contributed by atoms with Crippen LogP contribution in [0.25, 0.3) is 0 Å². The fraction of sp³-hybridized carbons (Fsp3) is 0.571. The molecule has 0 radical (unpaired) electrons. The second-order valence-corrected chi connectivity index (χ2v) is 4.59. The zero-order valence-corrected chi connectivity index (χ0v) is 11.3. The molecule has 0 aliphatic rings. The number of hydrogen-bond acceptors (Lipinski definition) is 3. The Kier molecular flexibility index (Phi) is 5.13. The number of benzene rings is 1. The minimum absolute atomic E-state index is 0.480. The average molecular weight is 236 g/mol. The first kappa shape index (κ1) is 13.7. The lowest BCUT2D eigenvalue weighted by Crippen LogP contribution is -2.24. The van der Waals surface area contributed by atoms with E-state index in [1.54, 1.807) is 0 Å². The summed E-state index contributed by atoms with van der Waals surface area (Å²) in [5.41, 5.74) is 7.61. The summed E-state index contributed by atoms with van der Waals surface area (Å²) in [7, 11) is 0. The summed E-state index contributed by atoms with van der Waals surface area (Å²) in [4.78, 5) is 0. The van der Waals surface area contributed by atoms with Gasteiger partial charge in [0, 0.05) is 17.8 Å². The average Bonchev–Trinajstić information content (AvgIpc) is 2.30. The van der Waals surface area contributed by atoms with Crippen LogP contribution in [0.1, 0.15) is 34.1 Å². The van der Waals surface area contributed by atoms with Gasteiger partial charge in [-0.3, -0.25) is 0 Å². The van der Waals surface area contributed by atoms with Gasteiger partial charge in [-0.25, -0.2) is 0 Å². The summed E-state index contributed by atoms with van der Waals surface area (Å²) in [6.07, 6.45) is 1.10. The van der Waals surface area contributed by atoms with Crippen LogP contribution < -0.4 is 15.8 Å². The lowest BCUT2D eigenvalue weighted by Gasteiger charge is -2.22. The Morgan fingerprint density at radius 3 is 2.53 bits per heavy atom. The molecule has 0 spiro atoms. The van der Waals surface area contributed by atoms with E-state index < -0.39 is 0 Å². The third-order valence-corrected chi connectivity index (χ3v) is 2.91. The fourth-order valence-electron chi connectivity index (χ4n) is 1.86. The van der Waals surface area contributed by atoms with Crippen molar-refractivity contribution in [3.63, 3.8) is 0 Å². The van der Waals surface area contributed by atoms with Crippen molar-refractivity contribution in [1.29, 1.82) is 0 Å². The van der Waals surface area contributed by atoms with Crippen LogP contribution >= 0.6 is 0 Å². The number of ether oxygens (including phenoxy) is 1. The van der Waals surface area contributed by atoms with E-state index in [0.29, 0.717) is 24.3 Å². The highest BCUT2D eigenvalue weighted by Gasteiger charge is 2.11. The molecule has 0 aromatic heterocycles. The first-order valence-electron chi connectivity index (χ1n) is 6.37. The lowest BCUT2D eigenvalue weighted by atomic mass is 10.0. The topological polar surface area (TPSA) is 47.3 Å². The molecule has 3 heteroatoms. The molecule has 1 aromatic carbocycles. The molecule has 0 aliphatic heterocycles. The van der Waals surface area contributed by atoms with Gasteiger partial charge >= 0.3 is 0 Å². The zero-order chi connectivity index (χ0) is 12.8. The van der Waals surface area contributed by atoms with E-state index in [2.05, 4.69) is 26.1 Å². The molecule has 3 nitrogen and oxygen atoms in total. The maximum atomic E-state index is 5.85. The van der Waals surface area contributed by atoms with Crippen molar-refractivity contribution in [2.24, 2.45) is 5.92 Å². The number of hydrogen-bond donors (Lipinski definition) is 2. The molecule has 0 heterocycles. The SMILES string of the molecule is CCOc1cc(NC(CC)C(C)C)ccc1N. The van der Waals surface area contributed by atoms with Crippen LogP contribution in [0.3, 0.4) is 0 Å². The number of rotatable bonds is 6. The van der Waals surface area contributed by atoms with Crippen molar-refractivity contribution in [3.8, 4) is 5.75 Å². The molecular weight excluding hydrogens is 212 g/mol. The van der Waals surface area contributed by atoms with E-state index in [-0.39, 0.29) is 0 Å². The largest absolute Gasteiger partial charge is 0.492 e. The van der Waals surface area contributed by atoms with Crippen LogP contribution in [-0.4, -0.2) is 12.6 Å². The quantitative estimate of drug-likeness (QED) is 0.743. The molecule has 1 atom stereocenters. The molecule has 0 saturated carbocycles. The van der Waals surface area contributed by atoms with Gasteiger partial charge in [0.1, 0.15) is 5.75 Å². The Hall–Kier alpha value is -1.38. The molecule has 0 fully saturated rings. The van der Waals surface area contributed by atoms with E-state index >= 15 is 0 Å². The highest BCUT2D eigenvalue weighted by molar-refractivity contribution is 5.61. The molecule has 3 N–H and O–H groups in total. The molecule has 96 valence electrons. The fourth-order valence-corrected chi connectivity index (χ4v) is 1.86. The predicted molar refractivity (Wildman–Crippen MR) is 74.6 cm³/mol. The van der Waals surface area contributed by atoms with Crippen LogP contribution in [0.5, 0.6) is 5.75 Å². The zero-order valence-electron chi connectivity index (χ0n) is 11.3. The molecule has 0 aliphatic carbocycles. The van der Waals surface area contributed by atoms with Gasteiger partial charge in [0.2, 0.25) is 0 Å². The Bertz CT molecular complexity index is 350. The minimum Gasteiger partial charge on any atom is -0.492 e. The van der Waals surface area contributed by atoms with Gasteiger partial charge in [0.15, 0.2) is 0 Å². The van der Waals surface area contributed by atoms with E-state index in [0.717, 1.165) is 17.9 Å². The number of nitrogens with one attached hydrogen (secondary N) is 1. The standard InChI is InChI=1S/C14H24N2O/c1-5-13(10(3)4)16-11-7-8-12(15)14(9-11)17-6-2/h7-10,13,16H,5-6,15H2,1-4H3. The Labute approximate surface area is 104 Å². The van der Waals surface area contributed by atoms with Crippen molar-refractivity contribution >= 4 is 11.4 Å². The number of anilines is 2. The third-order valence-electron chi connectivity index (χ3n) is 2.91.